The van der Waals surface area contributed by atoms with Crippen molar-refractivity contribution < 1.29 is 9.18 Å². The van der Waals surface area contributed by atoms with Gasteiger partial charge in [-0.05, 0) is 48.5 Å². The van der Waals surface area contributed by atoms with E-state index >= 15 is 0 Å². The van der Waals surface area contributed by atoms with Gasteiger partial charge in [-0.3, -0.25) is 4.79 Å². The highest BCUT2D eigenvalue weighted by molar-refractivity contribution is 5.81. The average Bonchev–Trinajstić information content (AvgIpc) is 3.19. The van der Waals surface area contributed by atoms with Crippen molar-refractivity contribution in [2.45, 2.75) is 19.8 Å². The van der Waals surface area contributed by atoms with Gasteiger partial charge < -0.3 is 9.88 Å². The standard InChI is InChI=1S/C25H22FN5O/c1-17(2)24-30-22(21-13-14-27-25(29-21)28-20-7-4-3-5-8-20)23(31(24)15-6-16-32)18-9-11-19(26)12-10-18/h3-17H,1-2H3,(H,27,28,29). The summed E-state index contributed by atoms with van der Waals surface area (Å²) in [5.41, 5.74) is 3.57. The maximum Gasteiger partial charge on any atom is 0.227 e. The Morgan fingerprint density at radius 3 is 2.44 bits per heavy atom. The van der Waals surface area contributed by atoms with Gasteiger partial charge in [0.15, 0.2) is 0 Å². The van der Waals surface area contributed by atoms with E-state index in [0.717, 1.165) is 22.8 Å². The van der Waals surface area contributed by atoms with Crippen LogP contribution in [0.25, 0.3) is 28.8 Å². The van der Waals surface area contributed by atoms with Crippen molar-refractivity contribution in [2.75, 3.05) is 5.32 Å². The second kappa shape index (κ2) is 9.34. The predicted molar refractivity (Wildman–Crippen MR) is 124 cm³/mol. The number of halogens is 1. The first-order valence-electron chi connectivity index (χ1n) is 10.2. The SMILES string of the molecule is CC(C)c1nc(-c2ccnc(Nc3ccccc3)n2)c(-c2ccc(F)cc2)n1C=CC=O. The molecule has 0 saturated carbocycles. The van der Waals surface area contributed by atoms with E-state index in [9.17, 15) is 9.18 Å². The Balaban J connectivity index is 1.88. The number of hydrogen-bond acceptors (Lipinski definition) is 5. The van der Waals surface area contributed by atoms with Crippen LogP contribution in [-0.4, -0.2) is 25.8 Å². The first-order valence-corrected chi connectivity index (χ1v) is 10.2. The number of allylic oxidation sites excluding steroid dienone is 1. The quantitative estimate of drug-likeness (QED) is 0.303. The van der Waals surface area contributed by atoms with Crippen LogP contribution >= 0.6 is 0 Å². The second-order valence-corrected chi connectivity index (χ2v) is 7.43. The fourth-order valence-electron chi connectivity index (χ4n) is 3.39. The molecule has 0 bridgehead atoms. The van der Waals surface area contributed by atoms with Gasteiger partial charge in [-0.15, -0.1) is 0 Å². The third kappa shape index (κ3) is 4.46. The van der Waals surface area contributed by atoms with Crippen LogP contribution in [-0.2, 0) is 4.79 Å². The first kappa shape index (κ1) is 21.1. The van der Waals surface area contributed by atoms with Crippen molar-refractivity contribution in [2.24, 2.45) is 0 Å². The zero-order valence-electron chi connectivity index (χ0n) is 17.7. The van der Waals surface area contributed by atoms with Crippen molar-refractivity contribution >= 4 is 24.1 Å². The van der Waals surface area contributed by atoms with E-state index in [4.69, 9.17) is 4.98 Å². The van der Waals surface area contributed by atoms with Crippen LogP contribution in [0, 0.1) is 5.82 Å². The Labute approximate surface area is 185 Å². The summed E-state index contributed by atoms with van der Waals surface area (Å²) in [6.45, 7) is 4.04. The molecule has 32 heavy (non-hydrogen) atoms. The summed E-state index contributed by atoms with van der Waals surface area (Å²) in [6.07, 6.45) is 5.46. The lowest BCUT2D eigenvalue weighted by atomic mass is 10.1. The molecule has 160 valence electrons. The van der Waals surface area contributed by atoms with Crippen LogP contribution in [0.4, 0.5) is 16.0 Å². The van der Waals surface area contributed by atoms with Crippen molar-refractivity contribution in [1.82, 2.24) is 19.5 Å². The normalized spacial score (nSPS) is 11.2. The van der Waals surface area contributed by atoms with Crippen molar-refractivity contribution in [3.63, 3.8) is 0 Å². The van der Waals surface area contributed by atoms with Gasteiger partial charge in [-0.1, -0.05) is 32.0 Å². The number of anilines is 2. The molecule has 1 N–H and O–H groups in total. The molecule has 0 spiro atoms. The van der Waals surface area contributed by atoms with Gasteiger partial charge in [0.1, 0.15) is 23.6 Å². The van der Waals surface area contributed by atoms with Crippen LogP contribution in [0.15, 0.2) is 72.9 Å². The van der Waals surface area contributed by atoms with E-state index in [1.54, 1.807) is 30.6 Å². The highest BCUT2D eigenvalue weighted by Crippen LogP contribution is 2.35. The summed E-state index contributed by atoms with van der Waals surface area (Å²) >= 11 is 0. The van der Waals surface area contributed by atoms with Crippen LogP contribution in [0.2, 0.25) is 0 Å². The van der Waals surface area contributed by atoms with Gasteiger partial charge in [-0.25, -0.2) is 19.3 Å². The van der Waals surface area contributed by atoms with E-state index in [1.165, 1.54) is 18.2 Å². The zero-order chi connectivity index (χ0) is 22.5. The van der Waals surface area contributed by atoms with Gasteiger partial charge in [0.25, 0.3) is 0 Å². The highest BCUT2D eigenvalue weighted by atomic mass is 19.1. The average molecular weight is 427 g/mol. The molecule has 0 radical (unpaired) electrons. The van der Waals surface area contributed by atoms with Gasteiger partial charge in [-0.2, -0.15) is 0 Å². The molecule has 0 aliphatic rings. The predicted octanol–water partition coefficient (Wildman–Crippen LogP) is 5.68. The Hall–Kier alpha value is -4.13. The molecular formula is C25H22FN5O. The number of rotatable bonds is 7. The minimum Gasteiger partial charge on any atom is -0.324 e. The third-order valence-electron chi connectivity index (χ3n) is 4.81. The van der Waals surface area contributed by atoms with Gasteiger partial charge in [0, 0.05) is 29.6 Å². The summed E-state index contributed by atoms with van der Waals surface area (Å²) in [7, 11) is 0. The van der Waals surface area contributed by atoms with E-state index in [0.29, 0.717) is 23.6 Å². The van der Waals surface area contributed by atoms with E-state index < -0.39 is 0 Å². The summed E-state index contributed by atoms with van der Waals surface area (Å²) in [4.78, 5) is 24.9. The Morgan fingerprint density at radius 1 is 1.00 bits per heavy atom. The number of nitrogens with zero attached hydrogens (tertiary/aromatic N) is 4. The molecule has 4 aromatic rings. The molecule has 4 rings (SSSR count). The molecule has 0 amide bonds. The maximum atomic E-state index is 13.6. The molecule has 2 aromatic carbocycles. The van der Waals surface area contributed by atoms with Crippen LogP contribution < -0.4 is 5.32 Å². The fourth-order valence-corrected chi connectivity index (χ4v) is 3.39. The number of para-hydroxylation sites is 1. The van der Waals surface area contributed by atoms with E-state index in [-0.39, 0.29) is 11.7 Å². The first-order chi connectivity index (χ1) is 15.6. The van der Waals surface area contributed by atoms with Gasteiger partial charge in [0.2, 0.25) is 5.95 Å². The molecular weight excluding hydrogens is 405 g/mol. The minimum atomic E-state index is -0.328. The number of imidazole rings is 1. The lowest BCUT2D eigenvalue weighted by Gasteiger charge is -2.10. The molecule has 0 aliphatic heterocycles. The lowest BCUT2D eigenvalue weighted by Crippen LogP contribution is -2.00. The van der Waals surface area contributed by atoms with Gasteiger partial charge >= 0.3 is 0 Å². The molecule has 0 fully saturated rings. The van der Waals surface area contributed by atoms with Crippen molar-refractivity contribution in [3.05, 3.63) is 84.6 Å². The minimum absolute atomic E-state index is 0.0722. The van der Waals surface area contributed by atoms with E-state index in [1.807, 2.05) is 48.7 Å². The molecule has 7 heteroatoms. The molecule has 0 aliphatic carbocycles. The number of aldehydes is 1. The lowest BCUT2D eigenvalue weighted by molar-refractivity contribution is -0.104. The summed E-state index contributed by atoms with van der Waals surface area (Å²) in [5.74, 6) is 0.935. The molecule has 0 atom stereocenters. The maximum absolute atomic E-state index is 13.6. The van der Waals surface area contributed by atoms with Crippen LogP contribution in [0.1, 0.15) is 25.6 Å². The Morgan fingerprint density at radius 2 is 1.75 bits per heavy atom. The second-order valence-electron chi connectivity index (χ2n) is 7.43. The number of carbonyl (C=O) groups is 1. The number of hydrogen-bond donors (Lipinski definition) is 1. The Bertz CT molecular complexity index is 1250. The van der Waals surface area contributed by atoms with Crippen LogP contribution in [0.5, 0.6) is 0 Å². The summed E-state index contributed by atoms with van der Waals surface area (Å²) < 4.78 is 15.5. The number of aromatic nitrogens is 4. The molecule has 0 saturated heterocycles. The number of benzene rings is 2. The highest BCUT2D eigenvalue weighted by Gasteiger charge is 2.22. The number of nitrogens with one attached hydrogen (secondary N) is 1. The fraction of sp³-hybridized carbons (Fsp3) is 0.120. The molecule has 0 unspecified atom stereocenters. The van der Waals surface area contributed by atoms with Crippen molar-refractivity contribution in [1.29, 1.82) is 0 Å². The molecule has 6 nitrogen and oxygen atoms in total. The largest absolute Gasteiger partial charge is 0.324 e. The topological polar surface area (TPSA) is 72.7 Å². The number of carbonyl (C=O) groups excluding carboxylic acids is 1. The third-order valence-corrected chi connectivity index (χ3v) is 4.81. The van der Waals surface area contributed by atoms with Crippen molar-refractivity contribution in [3.8, 4) is 22.6 Å². The zero-order valence-corrected chi connectivity index (χ0v) is 17.7. The smallest absolute Gasteiger partial charge is 0.227 e. The summed E-state index contributed by atoms with van der Waals surface area (Å²) in [5, 5.41) is 3.19. The summed E-state index contributed by atoms with van der Waals surface area (Å²) in [6, 6.07) is 17.6. The van der Waals surface area contributed by atoms with E-state index in [2.05, 4.69) is 15.3 Å². The van der Waals surface area contributed by atoms with Gasteiger partial charge in [0.05, 0.1) is 11.4 Å². The molecule has 2 heterocycles. The van der Waals surface area contributed by atoms with Crippen LogP contribution in [0.3, 0.4) is 0 Å². The Kier molecular flexibility index (Phi) is 6.17. The molecule has 2 aromatic heterocycles. The monoisotopic (exact) mass is 427 g/mol.